The molecule has 0 aromatic rings. The Morgan fingerprint density at radius 3 is 2.33 bits per heavy atom. The van der Waals surface area contributed by atoms with Gasteiger partial charge < -0.3 is 0 Å². The maximum atomic E-state index is 10.8. The summed E-state index contributed by atoms with van der Waals surface area (Å²) in [4.78, 5) is 10.8. The summed E-state index contributed by atoms with van der Waals surface area (Å²) in [7, 11) is 0. The number of carbonyl (C=O) groups excluding carboxylic acids is 1. The lowest BCUT2D eigenvalue weighted by Crippen LogP contribution is -1.90. The molecule has 0 aliphatic carbocycles. The van der Waals surface area contributed by atoms with E-state index in [1.54, 1.807) is 0 Å². The highest BCUT2D eigenvalue weighted by Crippen LogP contribution is 2.06. The third-order valence-electron chi connectivity index (χ3n) is 2.00. The van der Waals surface area contributed by atoms with Gasteiger partial charge in [-0.3, -0.25) is 4.79 Å². The molecule has 0 saturated heterocycles. The lowest BCUT2D eigenvalue weighted by atomic mass is 10.1. The largest absolute Gasteiger partial charge is 0.295 e. The van der Waals surface area contributed by atoms with Crippen LogP contribution in [0.25, 0.3) is 0 Å². The Morgan fingerprint density at radius 1 is 1.17 bits per heavy atom. The van der Waals surface area contributed by atoms with E-state index in [4.69, 9.17) is 0 Å². The van der Waals surface area contributed by atoms with Gasteiger partial charge in [-0.05, 0) is 12.5 Å². The number of ketones is 1. The van der Waals surface area contributed by atoms with Crippen molar-refractivity contribution in [3.05, 3.63) is 12.7 Å². The van der Waals surface area contributed by atoms with Crippen LogP contribution in [0.15, 0.2) is 12.7 Å². The van der Waals surface area contributed by atoms with Crippen LogP contribution in [0, 0.1) is 0 Å². The highest BCUT2D eigenvalue weighted by Gasteiger charge is 1.94. The van der Waals surface area contributed by atoms with Gasteiger partial charge in [-0.1, -0.05) is 45.6 Å². The molecule has 0 spiro atoms. The fourth-order valence-electron chi connectivity index (χ4n) is 1.18. The second-order valence-electron chi connectivity index (χ2n) is 3.19. The monoisotopic (exact) mass is 168 g/mol. The topological polar surface area (TPSA) is 17.1 Å². The van der Waals surface area contributed by atoms with Gasteiger partial charge in [0.1, 0.15) is 0 Å². The highest BCUT2D eigenvalue weighted by molar-refractivity contribution is 5.88. The molecule has 12 heavy (non-hydrogen) atoms. The molecule has 0 aromatic heterocycles. The van der Waals surface area contributed by atoms with E-state index in [9.17, 15) is 4.79 Å². The molecule has 0 aromatic carbocycles. The van der Waals surface area contributed by atoms with Gasteiger partial charge in [0.25, 0.3) is 0 Å². The van der Waals surface area contributed by atoms with Crippen molar-refractivity contribution in [3.63, 3.8) is 0 Å². The normalized spacial score (nSPS) is 9.75. The Kier molecular flexibility index (Phi) is 8.09. The van der Waals surface area contributed by atoms with Gasteiger partial charge in [0.05, 0.1) is 0 Å². The zero-order valence-electron chi connectivity index (χ0n) is 8.14. The SMILES string of the molecule is C=CC(=O)CCCCCCCC. The first-order valence-electron chi connectivity index (χ1n) is 4.96. The third-order valence-corrected chi connectivity index (χ3v) is 2.00. The molecule has 0 bridgehead atoms. The summed E-state index contributed by atoms with van der Waals surface area (Å²) in [5, 5.41) is 0. The number of unbranched alkanes of at least 4 members (excludes halogenated alkanes) is 5. The van der Waals surface area contributed by atoms with Crippen LogP contribution in [0.4, 0.5) is 0 Å². The zero-order chi connectivity index (χ0) is 9.23. The molecular weight excluding hydrogens is 148 g/mol. The Labute approximate surface area is 75.9 Å². The Bertz CT molecular complexity index is 127. The van der Waals surface area contributed by atoms with E-state index in [1.807, 2.05) is 0 Å². The van der Waals surface area contributed by atoms with E-state index in [-0.39, 0.29) is 5.78 Å². The van der Waals surface area contributed by atoms with Crippen molar-refractivity contribution in [2.24, 2.45) is 0 Å². The summed E-state index contributed by atoms with van der Waals surface area (Å²) < 4.78 is 0. The molecule has 0 aliphatic heterocycles. The number of hydrogen-bond donors (Lipinski definition) is 0. The lowest BCUT2D eigenvalue weighted by molar-refractivity contribution is -0.114. The average Bonchev–Trinajstić information content (AvgIpc) is 2.10. The summed E-state index contributed by atoms with van der Waals surface area (Å²) in [6.07, 6.45) is 9.55. The second-order valence-corrected chi connectivity index (χ2v) is 3.19. The molecule has 0 N–H and O–H groups in total. The molecule has 70 valence electrons. The lowest BCUT2D eigenvalue weighted by Gasteiger charge is -1.97. The fraction of sp³-hybridized carbons (Fsp3) is 0.727. The van der Waals surface area contributed by atoms with Crippen LogP contribution in [0.5, 0.6) is 0 Å². The van der Waals surface area contributed by atoms with Crippen molar-refractivity contribution in [2.75, 3.05) is 0 Å². The van der Waals surface area contributed by atoms with Crippen molar-refractivity contribution < 1.29 is 4.79 Å². The average molecular weight is 168 g/mol. The summed E-state index contributed by atoms with van der Waals surface area (Å²) >= 11 is 0. The van der Waals surface area contributed by atoms with Crippen LogP contribution in [-0.2, 0) is 4.79 Å². The van der Waals surface area contributed by atoms with Crippen LogP contribution in [0.1, 0.15) is 51.9 Å². The minimum Gasteiger partial charge on any atom is -0.295 e. The second kappa shape index (κ2) is 8.51. The number of allylic oxidation sites excluding steroid dienone is 1. The molecule has 1 nitrogen and oxygen atoms in total. The first-order chi connectivity index (χ1) is 5.81. The molecular formula is C11H20O. The first kappa shape index (κ1) is 11.4. The Hall–Kier alpha value is -0.590. The van der Waals surface area contributed by atoms with Gasteiger partial charge in [0.15, 0.2) is 5.78 Å². The molecule has 0 saturated carbocycles. The summed E-state index contributed by atoms with van der Waals surface area (Å²) in [5.74, 6) is 0.186. The van der Waals surface area contributed by atoms with Gasteiger partial charge in [0, 0.05) is 6.42 Å². The number of hydrogen-bond acceptors (Lipinski definition) is 1. The maximum absolute atomic E-state index is 10.8. The molecule has 0 heterocycles. The Morgan fingerprint density at radius 2 is 1.75 bits per heavy atom. The van der Waals surface area contributed by atoms with Crippen molar-refractivity contribution in [3.8, 4) is 0 Å². The molecule has 1 heteroatoms. The molecule has 0 aliphatic rings. The quantitative estimate of drug-likeness (QED) is 0.400. The molecule has 0 atom stereocenters. The Balaban J connectivity index is 3.00. The van der Waals surface area contributed by atoms with Gasteiger partial charge in [0.2, 0.25) is 0 Å². The standard InChI is InChI=1S/C11H20O/c1-3-5-6-7-8-9-10-11(12)4-2/h4H,2-3,5-10H2,1H3. The van der Waals surface area contributed by atoms with E-state index >= 15 is 0 Å². The van der Waals surface area contributed by atoms with Crippen LogP contribution in [0.2, 0.25) is 0 Å². The van der Waals surface area contributed by atoms with Gasteiger partial charge in [-0.25, -0.2) is 0 Å². The molecule has 0 amide bonds. The van der Waals surface area contributed by atoms with Crippen molar-refractivity contribution in [1.29, 1.82) is 0 Å². The van der Waals surface area contributed by atoms with Gasteiger partial charge in [-0.15, -0.1) is 0 Å². The van der Waals surface area contributed by atoms with Crippen molar-refractivity contribution >= 4 is 5.78 Å². The smallest absolute Gasteiger partial charge is 0.155 e. The van der Waals surface area contributed by atoms with E-state index in [2.05, 4.69) is 13.5 Å². The molecule has 0 fully saturated rings. The van der Waals surface area contributed by atoms with E-state index < -0.39 is 0 Å². The predicted octanol–water partition coefficient (Wildman–Crippen LogP) is 3.49. The van der Waals surface area contributed by atoms with E-state index in [0.717, 1.165) is 6.42 Å². The first-order valence-corrected chi connectivity index (χ1v) is 4.96. The maximum Gasteiger partial charge on any atom is 0.155 e. The van der Waals surface area contributed by atoms with Crippen LogP contribution in [-0.4, -0.2) is 5.78 Å². The zero-order valence-corrected chi connectivity index (χ0v) is 8.14. The number of rotatable bonds is 8. The third kappa shape index (κ3) is 7.52. The van der Waals surface area contributed by atoms with Crippen LogP contribution < -0.4 is 0 Å². The van der Waals surface area contributed by atoms with Crippen molar-refractivity contribution in [1.82, 2.24) is 0 Å². The number of carbonyl (C=O) groups is 1. The van der Waals surface area contributed by atoms with Crippen molar-refractivity contribution in [2.45, 2.75) is 51.9 Å². The van der Waals surface area contributed by atoms with Crippen LogP contribution in [0.3, 0.4) is 0 Å². The molecule has 0 rings (SSSR count). The molecule has 0 radical (unpaired) electrons. The predicted molar refractivity (Wildman–Crippen MR) is 53.2 cm³/mol. The van der Waals surface area contributed by atoms with Gasteiger partial charge in [-0.2, -0.15) is 0 Å². The molecule has 0 unspecified atom stereocenters. The summed E-state index contributed by atoms with van der Waals surface area (Å²) in [6, 6.07) is 0. The summed E-state index contributed by atoms with van der Waals surface area (Å²) in [5.41, 5.74) is 0. The minimum atomic E-state index is 0.186. The van der Waals surface area contributed by atoms with Gasteiger partial charge >= 0.3 is 0 Å². The fourth-order valence-corrected chi connectivity index (χ4v) is 1.18. The van der Waals surface area contributed by atoms with Crippen LogP contribution >= 0.6 is 0 Å². The van der Waals surface area contributed by atoms with E-state index in [0.29, 0.717) is 6.42 Å². The highest BCUT2D eigenvalue weighted by atomic mass is 16.1. The van der Waals surface area contributed by atoms with E-state index in [1.165, 1.54) is 38.2 Å². The minimum absolute atomic E-state index is 0.186. The summed E-state index contributed by atoms with van der Waals surface area (Å²) in [6.45, 7) is 5.65.